The summed E-state index contributed by atoms with van der Waals surface area (Å²) in [5, 5.41) is 15.0. The van der Waals surface area contributed by atoms with Crippen molar-refractivity contribution >= 4 is 11.3 Å². The van der Waals surface area contributed by atoms with Gasteiger partial charge >= 0.3 is 4.87 Å². The quantitative estimate of drug-likeness (QED) is 0.766. The lowest BCUT2D eigenvalue weighted by atomic mass is 10.00. The zero-order chi connectivity index (χ0) is 14.5. The molecular weight excluding hydrogens is 272 g/mol. The predicted octanol–water partition coefficient (Wildman–Crippen LogP) is 2.38. The normalized spacial score (nSPS) is 12.8. The Hall–Kier alpha value is -1.43. The molecule has 1 aromatic heterocycles. The number of benzene rings is 1. The van der Waals surface area contributed by atoms with E-state index in [0.29, 0.717) is 19.0 Å². The van der Waals surface area contributed by atoms with Gasteiger partial charge in [-0.15, -0.1) is 0 Å². The summed E-state index contributed by atoms with van der Waals surface area (Å²) in [5.74, 6) is 0.495. The van der Waals surface area contributed by atoms with E-state index in [-0.39, 0.29) is 4.87 Å². The molecule has 0 saturated heterocycles. The summed E-state index contributed by atoms with van der Waals surface area (Å²) in [6.07, 6.45) is -0.540. The molecule has 108 valence electrons. The van der Waals surface area contributed by atoms with Crippen molar-refractivity contribution in [2.75, 3.05) is 6.54 Å². The fourth-order valence-electron chi connectivity index (χ4n) is 1.96. The van der Waals surface area contributed by atoms with Crippen LogP contribution in [0.1, 0.15) is 42.7 Å². The van der Waals surface area contributed by atoms with Crippen LogP contribution in [0.25, 0.3) is 0 Å². The zero-order valence-corrected chi connectivity index (χ0v) is 12.5. The number of hydrogen-bond acceptors (Lipinski definition) is 4. The minimum Gasteiger partial charge on any atom is -0.387 e. The zero-order valence-electron chi connectivity index (χ0n) is 11.7. The highest BCUT2D eigenvalue weighted by Crippen LogP contribution is 2.18. The Balaban J connectivity index is 1.85. The summed E-state index contributed by atoms with van der Waals surface area (Å²) < 4.78 is 0. The Labute approximate surface area is 122 Å². The average Bonchev–Trinajstić information content (AvgIpc) is 2.84. The number of nitrogens with one attached hydrogen (secondary N) is 2. The standard InChI is InChI=1S/C15H20N2O2S/c1-10(2)11-3-5-12(6-4-11)14(18)8-16-7-13-9-20-15(19)17-13/h3-6,9-10,14,16,18H,7-8H2,1-2H3,(H,17,19). The third-order valence-electron chi connectivity index (χ3n) is 3.21. The van der Waals surface area contributed by atoms with Crippen molar-refractivity contribution in [2.45, 2.75) is 32.4 Å². The molecule has 2 aromatic rings. The maximum atomic E-state index is 11.0. The van der Waals surface area contributed by atoms with Crippen molar-refractivity contribution in [2.24, 2.45) is 0 Å². The van der Waals surface area contributed by atoms with Crippen LogP contribution in [0.2, 0.25) is 0 Å². The van der Waals surface area contributed by atoms with Gasteiger partial charge in [0.1, 0.15) is 0 Å². The lowest BCUT2D eigenvalue weighted by molar-refractivity contribution is 0.174. The Morgan fingerprint density at radius 1 is 1.25 bits per heavy atom. The molecule has 5 heteroatoms. The highest BCUT2D eigenvalue weighted by atomic mass is 32.1. The van der Waals surface area contributed by atoms with Gasteiger partial charge in [-0.3, -0.25) is 4.79 Å². The van der Waals surface area contributed by atoms with Crippen molar-refractivity contribution < 1.29 is 5.11 Å². The van der Waals surface area contributed by atoms with Crippen molar-refractivity contribution in [3.8, 4) is 0 Å². The topological polar surface area (TPSA) is 65.1 Å². The highest BCUT2D eigenvalue weighted by molar-refractivity contribution is 7.07. The maximum absolute atomic E-state index is 11.0. The van der Waals surface area contributed by atoms with Gasteiger partial charge in [0.05, 0.1) is 6.10 Å². The van der Waals surface area contributed by atoms with Crippen LogP contribution in [0, 0.1) is 0 Å². The van der Waals surface area contributed by atoms with E-state index in [1.807, 2.05) is 12.1 Å². The number of rotatable bonds is 6. The van der Waals surface area contributed by atoms with Crippen LogP contribution >= 0.6 is 11.3 Å². The van der Waals surface area contributed by atoms with Crippen molar-refractivity contribution in [1.82, 2.24) is 10.3 Å². The van der Waals surface area contributed by atoms with Gasteiger partial charge in [-0.25, -0.2) is 0 Å². The molecule has 0 spiro atoms. The summed E-state index contributed by atoms with van der Waals surface area (Å²) in [5.41, 5.74) is 3.02. The number of aliphatic hydroxyl groups excluding tert-OH is 1. The summed E-state index contributed by atoms with van der Waals surface area (Å²) in [6.45, 7) is 5.31. The molecule has 1 atom stereocenters. The molecule has 4 nitrogen and oxygen atoms in total. The lowest BCUT2D eigenvalue weighted by Gasteiger charge is -2.13. The molecule has 1 unspecified atom stereocenters. The molecule has 3 N–H and O–H groups in total. The second-order valence-electron chi connectivity index (χ2n) is 5.14. The lowest BCUT2D eigenvalue weighted by Crippen LogP contribution is -2.21. The van der Waals surface area contributed by atoms with Gasteiger partial charge in [-0.2, -0.15) is 0 Å². The fraction of sp³-hybridized carbons (Fsp3) is 0.400. The average molecular weight is 292 g/mol. The summed E-state index contributed by atoms with van der Waals surface area (Å²) in [7, 11) is 0. The maximum Gasteiger partial charge on any atom is 0.304 e. The van der Waals surface area contributed by atoms with E-state index in [1.165, 1.54) is 5.56 Å². The van der Waals surface area contributed by atoms with E-state index in [4.69, 9.17) is 0 Å². The number of aromatic amines is 1. The molecule has 0 radical (unpaired) electrons. The Bertz CT molecular complexity index is 586. The third kappa shape index (κ3) is 4.03. The molecule has 1 heterocycles. The number of thiazole rings is 1. The van der Waals surface area contributed by atoms with Crippen LogP contribution in [-0.4, -0.2) is 16.6 Å². The Morgan fingerprint density at radius 3 is 2.45 bits per heavy atom. The van der Waals surface area contributed by atoms with E-state index in [0.717, 1.165) is 22.6 Å². The van der Waals surface area contributed by atoms with Gasteiger partial charge in [0.15, 0.2) is 0 Å². The van der Waals surface area contributed by atoms with E-state index in [2.05, 4.69) is 36.3 Å². The molecule has 0 aliphatic rings. The summed E-state index contributed by atoms with van der Waals surface area (Å²) >= 11 is 1.15. The molecule has 0 saturated carbocycles. The third-order valence-corrected chi connectivity index (χ3v) is 3.93. The first-order chi connectivity index (χ1) is 9.56. The molecule has 2 rings (SSSR count). The second-order valence-corrected chi connectivity index (χ2v) is 5.98. The highest BCUT2D eigenvalue weighted by Gasteiger charge is 2.08. The SMILES string of the molecule is CC(C)c1ccc(C(O)CNCc2csc(=O)[nH]2)cc1. The van der Waals surface area contributed by atoms with Gasteiger partial charge in [-0.05, 0) is 17.0 Å². The van der Waals surface area contributed by atoms with Crippen molar-refractivity contribution in [3.63, 3.8) is 0 Å². The van der Waals surface area contributed by atoms with E-state index >= 15 is 0 Å². The van der Waals surface area contributed by atoms with Gasteiger partial charge in [0.25, 0.3) is 0 Å². The van der Waals surface area contributed by atoms with Gasteiger partial charge in [-0.1, -0.05) is 49.4 Å². The van der Waals surface area contributed by atoms with Crippen molar-refractivity contribution in [3.05, 3.63) is 56.1 Å². The molecule has 0 aliphatic carbocycles. The largest absolute Gasteiger partial charge is 0.387 e. The summed E-state index contributed by atoms with van der Waals surface area (Å²) in [6, 6.07) is 8.04. The van der Waals surface area contributed by atoms with Gasteiger partial charge in [0.2, 0.25) is 0 Å². The van der Waals surface area contributed by atoms with E-state index < -0.39 is 6.10 Å². The molecule has 0 aliphatic heterocycles. The first-order valence-corrected chi connectivity index (χ1v) is 7.59. The predicted molar refractivity (Wildman–Crippen MR) is 82.1 cm³/mol. The molecule has 1 aromatic carbocycles. The van der Waals surface area contributed by atoms with Crippen LogP contribution in [0.15, 0.2) is 34.4 Å². The monoisotopic (exact) mass is 292 g/mol. The molecule has 20 heavy (non-hydrogen) atoms. The molecule has 0 bridgehead atoms. The first kappa shape index (κ1) is 15.0. The van der Waals surface area contributed by atoms with Crippen LogP contribution in [0.3, 0.4) is 0 Å². The van der Waals surface area contributed by atoms with E-state index in [1.54, 1.807) is 5.38 Å². The number of aromatic nitrogens is 1. The fourth-order valence-corrected chi connectivity index (χ4v) is 2.55. The number of aliphatic hydroxyl groups is 1. The Kier molecular flexibility index (Phi) is 5.11. The minimum atomic E-state index is -0.540. The van der Waals surface area contributed by atoms with Crippen LogP contribution in [0.4, 0.5) is 0 Å². The second kappa shape index (κ2) is 6.83. The van der Waals surface area contributed by atoms with Gasteiger partial charge in [0, 0.05) is 24.2 Å². The number of H-pyrrole nitrogens is 1. The first-order valence-electron chi connectivity index (χ1n) is 6.71. The molecule has 0 amide bonds. The molecule has 0 fully saturated rings. The van der Waals surface area contributed by atoms with Crippen LogP contribution in [-0.2, 0) is 6.54 Å². The summed E-state index contributed by atoms with van der Waals surface area (Å²) in [4.78, 5) is 13.7. The van der Waals surface area contributed by atoms with Gasteiger partial charge < -0.3 is 15.4 Å². The van der Waals surface area contributed by atoms with Crippen molar-refractivity contribution in [1.29, 1.82) is 0 Å². The smallest absolute Gasteiger partial charge is 0.304 e. The van der Waals surface area contributed by atoms with Crippen LogP contribution in [0.5, 0.6) is 0 Å². The number of hydrogen-bond donors (Lipinski definition) is 3. The van der Waals surface area contributed by atoms with E-state index in [9.17, 15) is 9.90 Å². The molecular formula is C15H20N2O2S. The van der Waals surface area contributed by atoms with Crippen LogP contribution < -0.4 is 10.2 Å². The minimum absolute atomic E-state index is 0.0494. The Morgan fingerprint density at radius 2 is 1.90 bits per heavy atom.